The fraction of sp³-hybridized carbons (Fsp3) is 0.700. The summed E-state index contributed by atoms with van der Waals surface area (Å²) in [5, 5.41) is 3.49. The Morgan fingerprint density at radius 2 is 2.29 bits per heavy atom. The van der Waals surface area contributed by atoms with Gasteiger partial charge in [-0.05, 0) is 27.9 Å². The summed E-state index contributed by atoms with van der Waals surface area (Å²) in [6.45, 7) is 6.27. The van der Waals surface area contributed by atoms with Gasteiger partial charge in [0.05, 0.1) is 11.2 Å². The van der Waals surface area contributed by atoms with Crippen LogP contribution in [0.5, 0.6) is 0 Å². The van der Waals surface area contributed by atoms with Gasteiger partial charge in [-0.3, -0.25) is 0 Å². The Morgan fingerprint density at radius 1 is 1.57 bits per heavy atom. The van der Waals surface area contributed by atoms with Crippen LogP contribution in [0.1, 0.15) is 17.5 Å². The van der Waals surface area contributed by atoms with Crippen molar-refractivity contribution in [1.29, 1.82) is 0 Å². The fourth-order valence-corrected chi connectivity index (χ4v) is 2.10. The van der Waals surface area contributed by atoms with E-state index in [2.05, 4.69) is 43.1 Å². The quantitative estimate of drug-likeness (QED) is 0.803. The molecule has 0 spiro atoms. The lowest BCUT2D eigenvalue weighted by atomic mass is 10.3. The van der Waals surface area contributed by atoms with Gasteiger partial charge >= 0.3 is 0 Å². The van der Waals surface area contributed by atoms with Crippen LogP contribution < -0.4 is 5.32 Å². The van der Waals surface area contributed by atoms with Crippen LogP contribution in [0.15, 0.2) is 5.51 Å². The summed E-state index contributed by atoms with van der Waals surface area (Å²) in [5.41, 5.74) is 3.06. The molecule has 0 radical (unpaired) electrons. The van der Waals surface area contributed by atoms with Crippen molar-refractivity contribution in [3.63, 3.8) is 0 Å². The Morgan fingerprint density at radius 3 is 2.79 bits per heavy atom. The van der Waals surface area contributed by atoms with Crippen molar-refractivity contribution in [3.05, 3.63) is 16.1 Å². The number of thiazole rings is 1. The number of hydrogen-bond acceptors (Lipinski definition) is 4. The molecule has 1 rings (SSSR count). The van der Waals surface area contributed by atoms with Crippen LogP contribution in [0.2, 0.25) is 0 Å². The lowest BCUT2D eigenvalue weighted by Crippen LogP contribution is -2.35. The van der Waals surface area contributed by atoms with Gasteiger partial charge in [-0.25, -0.2) is 4.98 Å². The van der Waals surface area contributed by atoms with Crippen LogP contribution in [0.25, 0.3) is 0 Å². The standard InChI is InChI=1S/C10H19N3S/c1-8(6-13(3)4)11-5-10-9(2)12-7-14-10/h7-8,11H,5-6H2,1-4H3. The highest BCUT2D eigenvalue weighted by Gasteiger charge is 2.05. The molecule has 0 aliphatic heterocycles. The highest BCUT2D eigenvalue weighted by Crippen LogP contribution is 2.11. The maximum atomic E-state index is 4.22. The van der Waals surface area contributed by atoms with Crippen LogP contribution in [0, 0.1) is 6.92 Å². The second kappa shape index (κ2) is 5.44. The van der Waals surface area contributed by atoms with E-state index in [1.54, 1.807) is 11.3 Å². The van der Waals surface area contributed by atoms with Gasteiger partial charge < -0.3 is 10.2 Å². The Bertz CT molecular complexity index is 270. The number of rotatable bonds is 5. The maximum Gasteiger partial charge on any atom is 0.0798 e. The number of likely N-dealkylation sites (N-methyl/N-ethyl adjacent to an activating group) is 1. The van der Waals surface area contributed by atoms with E-state index in [0.717, 1.165) is 18.8 Å². The Kier molecular flexibility index (Phi) is 4.51. The van der Waals surface area contributed by atoms with Crippen molar-refractivity contribution in [2.75, 3.05) is 20.6 Å². The van der Waals surface area contributed by atoms with E-state index in [1.165, 1.54) is 4.88 Å². The molecule has 0 fully saturated rings. The number of aromatic nitrogens is 1. The van der Waals surface area contributed by atoms with Crippen molar-refractivity contribution in [2.45, 2.75) is 26.4 Å². The number of hydrogen-bond donors (Lipinski definition) is 1. The van der Waals surface area contributed by atoms with Gasteiger partial charge in [-0.15, -0.1) is 11.3 Å². The van der Waals surface area contributed by atoms with Crippen LogP contribution >= 0.6 is 11.3 Å². The minimum atomic E-state index is 0.520. The number of nitrogens with zero attached hydrogens (tertiary/aromatic N) is 2. The van der Waals surface area contributed by atoms with E-state index in [9.17, 15) is 0 Å². The first-order chi connectivity index (χ1) is 6.59. The molecule has 0 aromatic carbocycles. The molecule has 0 saturated carbocycles. The average Bonchev–Trinajstić information content (AvgIpc) is 2.46. The molecule has 80 valence electrons. The molecule has 0 aliphatic rings. The lowest BCUT2D eigenvalue weighted by molar-refractivity contribution is 0.349. The molecule has 4 heteroatoms. The van der Waals surface area contributed by atoms with E-state index in [1.807, 2.05) is 5.51 Å². The van der Waals surface area contributed by atoms with Gasteiger partial charge in [0, 0.05) is 24.0 Å². The Balaban J connectivity index is 2.30. The summed E-state index contributed by atoms with van der Waals surface area (Å²) < 4.78 is 0. The third-order valence-corrected chi connectivity index (χ3v) is 3.03. The molecule has 0 bridgehead atoms. The summed E-state index contributed by atoms with van der Waals surface area (Å²) in [5.74, 6) is 0. The highest BCUT2D eigenvalue weighted by molar-refractivity contribution is 7.09. The second-order valence-electron chi connectivity index (χ2n) is 3.91. The smallest absolute Gasteiger partial charge is 0.0798 e. The van der Waals surface area contributed by atoms with Crippen LogP contribution in [0.3, 0.4) is 0 Å². The van der Waals surface area contributed by atoms with Gasteiger partial charge in [0.1, 0.15) is 0 Å². The molecule has 1 unspecified atom stereocenters. The first-order valence-corrected chi connectivity index (χ1v) is 5.74. The zero-order chi connectivity index (χ0) is 10.6. The maximum absolute atomic E-state index is 4.22. The Labute approximate surface area is 90.2 Å². The van der Waals surface area contributed by atoms with E-state index in [0.29, 0.717) is 6.04 Å². The van der Waals surface area contributed by atoms with Crippen LogP contribution in [-0.4, -0.2) is 36.6 Å². The molecule has 1 atom stereocenters. The van der Waals surface area contributed by atoms with Crippen molar-refractivity contribution in [3.8, 4) is 0 Å². The molecule has 0 amide bonds. The lowest BCUT2D eigenvalue weighted by Gasteiger charge is -2.17. The largest absolute Gasteiger partial charge is 0.308 e. The zero-order valence-electron chi connectivity index (χ0n) is 9.37. The molecule has 14 heavy (non-hydrogen) atoms. The van der Waals surface area contributed by atoms with Crippen molar-refractivity contribution in [1.82, 2.24) is 15.2 Å². The normalized spacial score (nSPS) is 13.5. The molecule has 0 saturated heterocycles. The van der Waals surface area contributed by atoms with Crippen LogP contribution in [0.4, 0.5) is 0 Å². The van der Waals surface area contributed by atoms with Crippen molar-refractivity contribution >= 4 is 11.3 Å². The predicted octanol–water partition coefficient (Wildman–Crippen LogP) is 1.49. The Hall–Kier alpha value is -0.450. The second-order valence-corrected chi connectivity index (χ2v) is 4.84. The average molecular weight is 213 g/mol. The van der Waals surface area contributed by atoms with Gasteiger partial charge in [0.15, 0.2) is 0 Å². The monoisotopic (exact) mass is 213 g/mol. The van der Waals surface area contributed by atoms with Gasteiger partial charge in [0.2, 0.25) is 0 Å². The minimum Gasteiger partial charge on any atom is -0.308 e. The van der Waals surface area contributed by atoms with Crippen molar-refractivity contribution < 1.29 is 0 Å². The molecule has 1 N–H and O–H groups in total. The molecule has 1 aromatic rings. The van der Waals surface area contributed by atoms with E-state index < -0.39 is 0 Å². The zero-order valence-corrected chi connectivity index (χ0v) is 10.2. The third-order valence-electron chi connectivity index (χ3n) is 2.09. The first-order valence-electron chi connectivity index (χ1n) is 4.86. The van der Waals surface area contributed by atoms with Gasteiger partial charge in [-0.2, -0.15) is 0 Å². The summed E-state index contributed by atoms with van der Waals surface area (Å²) in [6.07, 6.45) is 0. The van der Waals surface area contributed by atoms with Gasteiger partial charge in [0.25, 0.3) is 0 Å². The van der Waals surface area contributed by atoms with E-state index >= 15 is 0 Å². The molecule has 1 aromatic heterocycles. The number of nitrogens with one attached hydrogen (secondary N) is 1. The highest BCUT2D eigenvalue weighted by atomic mass is 32.1. The molecule has 0 aliphatic carbocycles. The van der Waals surface area contributed by atoms with Gasteiger partial charge in [-0.1, -0.05) is 0 Å². The summed E-state index contributed by atoms with van der Waals surface area (Å²) in [6, 6.07) is 0.520. The number of aryl methyl sites for hydroxylation is 1. The van der Waals surface area contributed by atoms with Crippen LogP contribution in [-0.2, 0) is 6.54 Å². The SMILES string of the molecule is Cc1ncsc1CNC(C)CN(C)C. The molecule has 3 nitrogen and oxygen atoms in total. The first kappa shape index (κ1) is 11.6. The van der Waals surface area contributed by atoms with E-state index in [-0.39, 0.29) is 0 Å². The van der Waals surface area contributed by atoms with E-state index in [4.69, 9.17) is 0 Å². The topological polar surface area (TPSA) is 28.2 Å². The molecular formula is C10H19N3S. The molecule has 1 heterocycles. The molecular weight excluding hydrogens is 194 g/mol. The fourth-order valence-electron chi connectivity index (χ4n) is 1.38. The minimum absolute atomic E-state index is 0.520. The predicted molar refractivity (Wildman–Crippen MR) is 61.7 cm³/mol. The van der Waals surface area contributed by atoms with Crippen molar-refractivity contribution in [2.24, 2.45) is 0 Å². The summed E-state index contributed by atoms with van der Waals surface area (Å²) >= 11 is 1.72. The summed E-state index contributed by atoms with van der Waals surface area (Å²) in [4.78, 5) is 7.76. The third kappa shape index (κ3) is 3.74. The summed E-state index contributed by atoms with van der Waals surface area (Å²) in [7, 11) is 4.19.